The van der Waals surface area contributed by atoms with Crippen molar-refractivity contribution in [2.45, 2.75) is 18.9 Å². The first kappa shape index (κ1) is 15.4. The molecule has 3 rings (SSSR count). The van der Waals surface area contributed by atoms with Gasteiger partial charge in [0.15, 0.2) is 5.13 Å². The number of thiazole rings is 1. The molecule has 0 saturated carbocycles. The maximum absolute atomic E-state index is 13.0. The predicted octanol–water partition coefficient (Wildman–Crippen LogP) is 2.52. The van der Waals surface area contributed by atoms with Gasteiger partial charge in [-0.25, -0.2) is 9.37 Å². The van der Waals surface area contributed by atoms with Crippen molar-refractivity contribution in [1.82, 2.24) is 4.98 Å². The second kappa shape index (κ2) is 6.73. The van der Waals surface area contributed by atoms with Gasteiger partial charge in [0.05, 0.1) is 18.4 Å². The van der Waals surface area contributed by atoms with E-state index >= 15 is 0 Å². The molecule has 0 radical (unpaired) electrons. The molecule has 0 bridgehead atoms. The summed E-state index contributed by atoms with van der Waals surface area (Å²) in [5, 5.41) is 21.7. The Labute approximate surface area is 132 Å². The second-order valence-corrected chi connectivity index (χ2v) is 6.43. The number of nitrogens with zero attached hydrogens (tertiary/aromatic N) is 2. The number of hydrogen-bond donors (Lipinski definition) is 2. The molecule has 1 aromatic heterocycles. The summed E-state index contributed by atoms with van der Waals surface area (Å²) in [6.45, 7) is 1.49. The van der Waals surface area contributed by atoms with E-state index in [4.69, 9.17) is 5.11 Å². The van der Waals surface area contributed by atoms with E-state index < -0.39 is 6.10 Å². The smallest absolute Gasteiger partial charge is 0.185 e. The largest absolute Gasteiger partial charge is 0.394 e. The molecule has 2 N–H and O–H groups in total. The molecule has 0 aliphatic carbocycles. The van der Waals surface area contributed by atoms with E-state index in [-0.39, 0.29) is 18.3 Å². The number of piperidine rings is 1. The number of aliphatic hydroxyl groups is 2. The molecule has 1 aromatic carbocycles. The van der Waals surface area contributed by atoms with Crippen molar-refractivity contribution in [1.29, 1.82) is 0 Å². The fraction of sp³-hybridized carbons (Fsp3) is 0.438. The zero-order valence-electron chi connectivity index (χ0n) is 12.2. The molecule has 0 amide bonds. The third-order valence-electron chi connectivity index (χ3n) is 4.17. The lowest BCUT2D eigenvalue weighted by molar-refractivity contribution is 0.0377. The normalized spacial score (nSPS) is 17.7. The number of hydrogen-bond acceptors (Lipinski definition) is 5. The Morgan fingerprint density at radius 1 is 1.27 bits per heavy atom. The van der Waals surface area contributed by atoms with Crippen molar-refractivity contribution in [2.75, 3.05) is 24.6 Å². The fourth-order valence-corrected chi connectivity index (χ4v) is 3.68. The lowest BCUT2D eigenvalue weighted by Crippen LogP contribution is -2.38. The van der Waals surface area contributed by atoms with Crippen LogP contribution in [0.5, 0.6) is 0 Å². The molecule has 2 aromatic rings. The van der Waals surface area contributed by atoms with Crippen molar-refractivity contribution in [3.63, 3.8) is 0 Å². The van der Waals surface area contributed by atoms with Gasteiger partial charge in [-0.1, -0.05) is 0 Å². The van der Waals surface area contributed by atoms with E-state index in [9.17, 15) is 9.50 Å². The molecule has 1 atom stereocenters. The highest BCUT2D eigenvalue weighted by Gasteiger charge is 2.26. The molecule has 118 valence electrons. The molecule has 6 heteroatoms. The first-order valence-corrected chi connectivity index (χ1v) is 8.30. The first-order chi connectivity index (χ1) is 10.7. The van der Waals surface area contributed by atoms with Gasteiger partial charge < -0.3 is 15.1 Å². The van der Waals surface area contributed by atoms with Crippen LogP contribution in [-0.4, -0.2) is 41.0 Å². The van der Waals surface area contributed by atoms with Gasteiger partial charge in [0, 0.05) is 24.0 Å². The zero-order chi connectivity index (χ0) is 15.5. The lowest BCUT2D eigenvalue weighted by atomic mass is 9.92. The Bertz CT molecular complexity index is 609. The number of anilines is 1. The summed E-state index contributed by atoms with van der Waals surface area (Å²) in [6, 6.07) is 6.35. The number of halogens is 1. The SMILES string of the molecule is OCC(O)C1CCN(c2nc(-c3ccc(F)cc3)cs2)CC1. The second-order valence-electron chi connectivity index (χ2n) is 5.60. The van der Waals surface area contributed by atoms with Gasteiger partial charge in [-0.05, 0) is 43.0 Å². The van der Waals surface area contributed by atoms with Crippen LogP contribution in [0.15, 0.2) is 29.6 Å². The average molecular weight is 322 g/mol. The van der Waals surface area contributed by atoms with Gasteiger partial charge in [-0.2, -0.15) is 0 Å². The van der Waals surface area contributed by atoms with Crippen molar-refractivity contribution in [2.24, 2.45) is 5.92 Å². The topological polar surface area (TPSA) is 56.6 Å². The van der Waals surface area contributed by atoms with Gasteiger partial charge in [-0.3, -0.25) is 0 Å². The third-order valence-corrected chi connectivity index (χ3v) is 5.07. The van der Waals surface area contributed by atoms with Gasteiger partial charge in [0.2, 0.25) is 0 Å². The number of benzene rings is 1. The summed E-state index contributed by atoms with van der Waals surface area (Å²) >= 11 is 1.58. The van der Waals surface area contributed by atoms with Gasteiger partial charge in [0.1, 0.15) is 5.82 Å². The Kier molecular flexibility index (Phi) is 4.71. The van der Waals surface area contributed by atoms with E-state index in [0.717, 1.165) is 42.3 Å². The predicted molar refractivity (Wildman–Crippen MR) is 85.5 cm³/mol. The minimum atomic E-state index is -0.617. The molecule has 1 aliphatic heterocycles. The lowest BCUT2D eigenvalue weighted by Gasteiger charge is -2.33. The molecular weight excluding hydrogens is 303 g/mol. The summed E-state index contributed by atoms with van der Waals surface area (Å²) in [5.74, 6) is -0.0819. The van der Waals surface area contributed by atoms with Crippen molar-refractivity contribution < 1.29 is 14.6 Å². The molecule has 22 heavy (non-hydrogen) atoms. The van der Waals surface area contributed by atoms with E-state index in [1.807, 2.05) is 5.38 Å². The van der Waals surface area contributed by atoms with E-state index in [2.05, 4.69) is 9.88 Å². The van der Waals surface area contributed by atoms with Crippen molar-refractivity contribution in [3.05, 3.63) is 35.5 Å². The van der Waals surface area contributed by atoms with Crippen LogP contribution in [0, 0.1) is 11.7 Å². The van der Waals surface area contributed by atoms with Crippen LogP contribution in [0.4, 0.5) is 9.52 Å². The van der Waals surface area contributed by atoms with Crippen LogP contribution in [0.1, 0.15) is 12.8 Å². The minimum absolute atomic E-state index is 0.165. The summed E-state index contributed by atoms with van der Waals surface area (Å²) in [6.07, 6.45) is 1.09. The molecule has 4 nitrogen and oxygen atoms in total. The van der Waals surface area contributed by atoms with Crippen LogP contribution in [0.2, 0.25) is 0 Å². The third kappa shape index (κ3) is 3.29. The first-order valence-electron chi connectivity index (χ1n) is 7.42. The van der Waals surface area contributed by atoms with Crippen molar-refractivity contribution in [3.8, 4) is 11.3 Å². The van der Waals surface area contributed by atoms with E-state index in [1.54, 1.807) is 23.5 Å². The maximum atomic E-state index is 13.0. The monoisotopic (exact) mass is 322 g/mol. The summed E-state index contributed by atoms with van der Waals surface area (Å²) < 4.78 is 13.0. The summed E-state index contributed by atoms with van der Waals surface area (Å²) in [7, 11) is 0. The quantitative estimate of drug-likeness (QED) is 0.908. The standard InChI is InChI=1S/C16H19FN2O2S/c17-13-3-1-11(2-4-13)14-10-22-16(18-14)19-7-5-12(6-8-19)15(21)9-20/h1-4,10,12,15,20-21H,5-9H2. The number of aliphatic hydroxyl groups excluding tert-OH is 2. The van der Waals surface area contributed by atoms with Crippen LogP contribution in [-0.2, 0) is 0 Å². The summed E-state index contributed by atoms with van der Waals surface area (Å²) in [4.78, 5) is 6.84. The highest BCUT2D eigenvalue weighted by Crippen LogP contribution is 2.31. The number of rotatable bonds is 4. The van der Waals surface area contributed by atoms with E-state index in [0.29, 0.717) is 0 Å². The molecule has 2 heterocycles. The molecule has 1 saturated heterocycles. The summed E-state index contributed by atoms with van der Waals surface area (Å²) in [5.41, 5.74) is 1.77. The van der Waals surface area contributed by atoms with Crippen LogP contribution < -0.4 is 4.90 Å². The fourth-order valence-electron chi connectivity index (χ4n) is 2.79. The molecule has 1 unspecified atom stereocenters. The van der Waals surface area contributed by atoms with Crippen LogP contribution in [0.25, 0.3) is 11.3 Å². The number of aromatic nitrogens is 1. The molecular formula is C16H19FN2O2S. The highest BCUT2D eigenvalue weighted by molar-refractivity contribution is 7.14. The average Bonchev–Trinajstić information content (AvgIpc) is 3.05. The van der Waals surface area contributed by atoms with Gasteiger partial charge >= 0.3 is 0 Å². The Morgan fingerprint density at radius 3 is 2.59 bits per heavy atom. The Balaban J connectivity index is 1.66. The van der Waals surface area contributed by atoms with E-state index in [1.165, 1.54) is 12.1 Å². The Hall–Kier alpha value is -1.50. The highest BCUT2D eigenvalue weighted by atomic mass is 32.1. The maximum Gasteiger partial charge on any atom is 0.185 e. The van der Waals surface area contributed by atoms with Gasteiger partial charge in [0.25, 0.3) is 0 Å². The van der Waals surface area contributed by atoms with Crippen molar-refractivity contribution >= 4 is 16.5 Å². The van der Waals surface area contributed by atoms with Crippen LogP contribution >= 0.6 is 11.3 Å². The van der Waals surface area contributed by atoms with Crippen LogP contribution in [0.3, 0.4) is 0 Å². The molecule has 1 aliphatic rings. The Morgan fingerprint density at radius 2 is 1.95 bits per heavy atom. The molecule has 1 fully saturated rings. The zero-order valence-corrected chi connectivity index (χ0v) is 13.0. The minimum Gasteiger partial charge on any atom is -0.394 e. The molecule has 0 spiro atoms. The van der Waals surface area contributed by atoms with Gasteiger partial charge in [-0.15, -0.1) is 11.3 Å².